The molecule has 108 valence electrons. The number of hydrogen-bond acceptors (Lipinski definition) is 3. The molecule has 20 heavy (non-hydrogen) atoms. The van der Waals surface area contributed by atoms with Crippen LogP contribution in [0.4, 0.5) is 0 Å². The number of nitrogens with two attached hydrogens (primary N) is 1. The van der Waals surface area contributed by atoms with Crippen LogP contribution in [-0.2, 0) is 11.3 Å². The van der Waals surface area contributed by atoms with Gasteiger partial charge in [-0.15, -0.1) is 0 Å². The van der Waals surface area contributed by atoms with Crippen molar-refractivity contribution in [2.24, 2.45) is 5.73 Å². The Morgan fingerprint density at radius 3 is 2.80 bits per heavy atom. The van der Waals surface area contributed by atoms with Crippen LogP contribution in [0.3, 0.4) is 0 Å². The summed E-state index contributed by atoms with van der Waals surface area (Å²) in [6, 6.07) is 6.03. The molecule has 0 spiro atoms. The van der Waals surface area contributed by atoms with Crippen LogP contribution in [0, 0.1) is 6.92 Å². The van der Waals surface area contributed by atoms with Crippen LogP contribution in [0.25, 0.3) is 0 Å². The zero-order chi connectivity index (χ0) is 14.7. The minimum atomic E-state index is 0.194. The lowest BCUT2D eigenvalue weighted by molar-refractivity contribution is -0.130. The van der Waals surface area contributed by atoms with Crippen molar-refractivity contribution in [3.63, 3.8) is 0 Å². The summed E-state index contributed by atoms with van der Waals surface area (Å²) >= 11 is 4.99. The maximum absolute atomic E-state index is 11.9. The molecular weight excluding hydrogens is 270 g/mol. The second kappa shape index (κ2) is 6.33. The molecule has 1 aromatic carbocycles. The van der Waals surface area contributed by atoms with Crippen molar-refractivity contribution < 1.29 is 4.79 Å². The standard InChI is InChI=1S/C15H21N3OS/c1-11-8-12(15(16)20)4-5-13(11)9-18-7-3-6-17(2)14(19)10-18/h4-5,8H,3,6-7,9-10H2,1-2H3,(H2,16,20). The summed E-state index contributed by atoms with van der Waals surface area (Å²) in [5.41, 5.74) is 8.93. The maximum atomic E-state index is 11.9. The molecule has 0 unspecified atom stereocenters. The first-order chi connectivity index (χ1) is 9.47. The van der Waals surface area contributed by atoms with Crippen molar-refractivity contribution in [1.82, 2.24) is 9.80 Å². The molecule has 0 atom stereocenters. The minimum absolute atomic E-state index is 0.194. The molecule has 0 aromatic heterocycles. The van der Waals surface area contributed by atoms with Gasteiger partial charge in [-0.05, 0) is 30.5 Å². The first-order valence-corrected chi connectivity index (χ1v) is 7.24. The Labute approximate surface area is 125 Å². The topological polar surface area (TPSA) is 49.6 Å². The Bertz CT molecular complexity index is 530. The van der Waals surface area contributed by atoms with Crippen LogP contribution in [-0.4, -0.2) is 47.4 Å². The second-order valence-corrected chi connectivity index (χ2v) is 5.82. The van der Waals surface area contributed by atoms with Crippen molar-refractivity contribution in [1.29, 1.82) is 0 Å². The number of hydrogen-bond donors (Lipinski definition) is 1. The van der Waals surface area contributed by atoms with Crippen LogP contribution in [0.5, 0.6) is 0 Å². The first-order valence-electron chi connectivity index (χ1n) is 6.83. The van der Waals surface area contributed by atoms with Gasteiger partial charge in [-0.3, -0.25) is 9.69 Å². The maximum Gasteiger partial charge on any atom is 0.236 e. The predicted octanol–water partition coefficient (Wildman–Crippen LogP) is 1.29. The van der Waals surface area contributed by atoms with E-state index < -0.39 is 0 Å². The lowest BCUT2D eigenvalue weighted by Gasteiger charge is -2.20. The largest absolute Gasteiger partial charge is 0.389 e. The zero-order valence-electron chi connectivity index (χ0n) is 12.1. The van der Waals surface area contributed by atoms with Gasteiger partial charge in [0.1, 0.15) is 4.99 Å². The number of amides is 1. The summed E-state index contributed by atoms with van der Waals surface area (Å²) < 4.78 is 0. The highest BCUT2D eigenvalue weighted by Gasteiger charge is 2.19. The van der Waals surface area contributed by atoms with Gasteiger partial charge in [-0.25, -0.2) is 0 Å². The van der Waals surface area contributed by atoms with Crippen molar-refractivity contribution in [2.75, 3.05) is 26.7 Å². The predicted molar refractivity (Wildman–Crippen MR) is 84.6 cm³/mol. The van der Waals surface area contributed by atoms with Gasteiger partial charge in [0.15, 0.2) is 0 Å². The molecule has 2 N–H and O–H groups in total. The highest BCUT2D eigenvalue weighted by Crippen LogP contribution is 2.15. The van der Waals surface area contributed by atoms with E-state index in [-0.39, 0.29) is 5.91 Å². The molecule has 0 radical (unpaired) electrons. The summed E-state index contributed by atoms with van der Waals surface area (Å²) in [6.07, 6.45) is 1.02. The van der Waals surface area contributed by atoms with Crippen molar-refractivity contribution in [3.05, 3.63) is 34.9 Å². The van der Waals surface area contributed by atoms with Gasteiger partial charge in [0.2, 0.25) is 5.91 Å². The summed E-state index contributed by atoms with van der Waals surface area (Å²) in [4.78, 5) is 16.3. The Kier molecular flexibility index (Phi) is 4.73. The smallest absolute Gasteiger partial charge is 0.236 e. The van der Waals surface area contributed by atoms with E-state index in [1.165, 1.54) is 11.1 Å². The Morgan fingerprint density at radius 2 is 2.15 bits per heavy atom. The highest BCUT2D eigenvalue weighted by molar-refractivity contribution is 7.80. The quantitative estimate of drug-likeness (QED) is 0.853. The van der Waals surface area contributed by atoms with Crippen LogP contribution in [0.1, 0.15) is 23.1 Å². The number of likely N-dealkylation sites (N-methyl/N-ethyl adjacent to an activating group) is 1. The number of thiocarbonyl (C=S) groups is 1. The van der Waals surface area contributed by atoms with E-state index in [0.29, 0.717) is 11.5 Å². The van der Waals surface area contributed by atoms with Gasteiger partial charge in [-0.1, -0.05) is 24.4 Å². The summed E-state index contributed by atoms with van der Waals surface area (Å²) in [5.74, 6) is 0.194. The van der Waals surface area contributed by atoms with Gasteiger partial charge in [0, 0.05) is 32.2 Å². The van der Waals surface area contributed by atoms with Crippen LogP contribution < -0.4 is 5.73 Å². The van der Waals surface area contributed by atoms with E-state index in [0.717, 1.165) is 31.6 Å². The second-order valence-electron chi connectivity index (χ2n) is 5.39. The lowest BCUT2D eigenvalue weighted by atomic mass is 10.0. The number of nitrogens with zero attached hydrogens (tertiary/aromatic N) is 2. The molecule has 2 rings (SSSR count). The fourth-order valence-corrected chi connectivity index (χ4v) is 2.58. The van der Waals surface area contributed by atoms with Crippen molar-refractivity contribution >= 4 is 23.1 Å². The number of benzene rings is 1. The third-order valence-electron chi connectivity index (χ3n) is 3.77. The Balaban J connectivity index is 2.09. The van der Waals surface area contributed by atoms with E-state index in [4.69, 9.17) is 18.0 Å². The lowest BCUT2D eigenvalue weighted by Crippen LogP contribution is -2.34. The number of carbonyl (C=O) groups is 1. The molecule has 1 aliphatic rings. The molecule has 0 aliphatic carbocycles. The third kappa shape index (κ3) is 3.55. The fraction of sp³-hybridized carbons (Fsp3) is 0.467. The molecule has 1 aromatic rings. The fourth-order valence-electron chi connectivity index (χ4n) is 2.45. The molecule has 4 nitrogen and oxygen atoms in total. The van der Waals surface area contributed by atoms with Crippen molar-refractivity contribution in [2.45, 2.75) is 19.9 Å². The average Bonchev–Trinajstić information content (AvgIpc) is 2.54. The van der Waals surface area contributed by atoms with Crippen LogP contribution >= 0.6 is 12.2 Å². The monoisotopic (exact) mass is 291 g/mol. The SMILES string of the molecule is Cc1cc(C(N)=S)ccc1CN1CCCN(C)C(=O)C1. The first kappa shape index (κ1) is 14.9. The molecule has 1 fully saturated rings. The van der Waals surface area contributed by atoms with Gasteiger partial charge < -0.3 is 10.6 Å². The van der Waals surface area contributed by atoms with E-state index >= 15 is 0 Å². The highest BCUT2D eigenvalue weighted by atomic mass is 32.1. The van der Waals surface area contributed by atoms with Gasteiger partial charge in [-0.2, -0.15) is 0 Å². The number of aryl methyl sites for hydroxylation is 1. The molecule has 0 saturated carbocycles. The Hall–Kier alpha value is -1.46. The summed E-state index contributed by atoms with van der Waals surface area (Å²) in [7, 11) is 1.87. The van der Waals surface area contributed by atoms with Crippen LogP contribution in [0.15, 0.2) is 18.2 Å². The average molecular weight is 291 g/mol. The summed E-state index contributed by atoms with van der Waals surface area (Å²) in [6.45, 7) is 5.14. The molecule has 1 aliphatic heterocycles. The molecule has 1 amide bonds. The molecular formula is C15H21N3OS. The van der Waals surface area contributed by atoms with Gasteiger partial charge in [0.05, 0.1) is 6.54 Å². The molecule has 1 saturated heterocycles. The molecule has 1 heterocycles. The minimum Gasteiger partial charge on any atom is -0.389 e. The molecule has 5 heteroatoms. The Morgan fingerprint density at radius 1 is 1.40 bits per heavy atom. The molecule has 0 bridgehead atoms. The zero-order valence-corrected chi connectivity index (χ0v) is 12.9. The van der Waals surface area contributed by atoms with E-state index in [1.807, 2.05) is 24.1 Å². The van der Waals surface area contributed by atoms with Gasteiger partial charge >= 0.3 is 0 Å². The van der Waals surface area contributed by atoms with E-state index in [1.54, 1.807) is 0 Å². The van der Waals surface area contributed by atoms with Crippen LogP contribution in [0.2, 0.25) is 0 Å². The number of rotatable bonds is 3. The van der Waals surface area contributed by atoms with Gasteiger partial charge in [0.25, 0.3) is 0 Å². The summed E-state index contributed by atoms with van der Waals surface area (Å²) in [5, 5.41) is 0. The van der Waals surface area contributed by atoms with Crippen molar-refractivity contribution in [3.8, 4) is 0 Å². The van der Waals surface area contributed by atoms with E-state index in [2.05, 4.69) is 17.9 Å². The normalized spacial score (nSPS) is 17.1. The third-order valence-corrected chi connectivity index (χ3v) is 4.01. The van der Waals surface area contributed by atoms with E-state index in [9.17, 15) is 4.79 Å². The number of carbonyl (C=O) groups excluding carboxylic acids is 1.